The van der Waals surface area contributed by atoms with Crippen molar-refractivity contribution in [1.82, 2.24) is 15.5 Å². The third kappa shape index (κ3) is 4.52. The second kappa shape index (κ2) is 8.50. The number of likely N-dealkylation sites (tertiary alicyclic amines) is 1. The summed E-state index contributed by atoms with van der Waals surface area (Å²) >= 11 is 0. The van der Waals surface area contributed by atoms with E-state index in [-0.39, 0.29) is 30.8 Å². The fourth-order valence-electron chi connectivity index (χ4n) is 5.35. The monoisotopic (exact) mass is 405 g/mol. The van der Waals surface area contributed by atoms with E-state index in [0.29, 0.717) is 12.6 Å². The summed E-state index contributed by atoms with van der Waals surface area (Å²) in [5.74, 6) is 0.683. The highest BCUT2D eigenvalue weighted by atomic mass is 19.1. The van der Waals surface area contributed by atoms with Crippen molar-refractivity contribution in [3.63, 3.8) is 0 Å². The Labute approximate surface area is 174 Å². The van der Waals surface area contributed by atoms with Crippen molar-refractivity contribution in [2.45, 2.75) is 82.3 Å². The van der Waals surface area contributed by atoms with Crippen LogP contribution < -0.4 is 15.4 Å². The summed E-state index contributed by atoms with van der Waals surface area (Å²) in [6, 6.07) is 5.78. The Morgan fingerprint density at radius 3 is 2.79 bits per heavy atom. The molecule has 4 rings (SSSR count). The minimum atomic E-state index is -0.173. The highest BCUT2D eigenvalue weighted by molar-refractivity contribution is 5.74. The number of nitrogens with one attached hydrogen (secondary N) is 2. The Bertz CT molecular complexity index is 737. The Hall–Kier alpha value is -1.82. The molecule has 3 aliphatic rings. The number of fused-ring (bicyclic) bond motifs is 2. The first-order valence-electron chi connectivity index (χ1n) is 11.2. The van der Waals surface area contributed by atoms with E-state index >= 15 is 0 Å². The smallest absolute Gasteiger partial charge is 0.315 e. The number of piperidine rings is 1. The van der Waals surface area contributed by atoms with Gasteiger partial charge in [-0.05, 0) is 77.2 Å². The number of rotatable bonds is 3. The van der Waals surface area contributed by atoms with E-state index in [2.05, 4.69) is 15.5 Å². The predicted molar refractivity (Wildman–Crippen MR) is 114 cm³/mol. The number of halogens is 1. The number of carbonyl (C=O) groups is 1. The first-order chi connectivity index (χ1) is 13.9. The van der Waals surface area contributed by atoms with Crippen LogP contribution in [0.25, 0.3) is 0 Å². The molecule has 1 aromatic rings. The molecule has 1 saturated heterocycles. The number of hydrogen-bond acceptors (Lipinski definition) is 3. The molecule has 162 valence electrons. The molecule has 6 heteroatoms. The van der Waals surface area contributed by atoms with Gasteiger partial charge >= 0.3 is 6.03 Å². The van der Waals surface area contributed by atoms with E-state index in [1.165, 1.54) is 25.3 Å². The predicted octanol–water partition coefficient (Wildman–Crippen LogP) is 4.21. The van der Waals surface area contributed by atoms with E-state index in [1.807, 2.05) is 13.8 Å². The first-order valence-corrected chi connectivity index (χ1v) is 11.2. The highest BCUT2D eigenvalue weighted by Crippen LogP contribution is 2.46. The van der Waals surface area contributed by atoms with Gasteiger partial charge in [0.15, 0.2) is 0 Å². The van der Waals surface area contributed by atoms with Crippen molar-refractivity contribution in [3.8, 4) is 5.75 Å². The Morgan fingerprint density at radius 1 is 1.28 bits per heavy atom. The van der Waals surface area contributed by atoms with E-state index < -0.39 is 0 Å². The molecule has 0 bridgehead atoms. The molecule has 2 amide bonds. The van der Waals surface area contributed by atoms with Crippen LogP contribution in [0.3, 0.4) is 0 Å². The molecule has 5 nitrogen and oxygen atoms in total. The van der Waals surface area contributed by atoms with E-state index in [9.17, 15) is 9.18 Å². The number of hydrogen-bond donors (Lipinski definition) is 2. The van der Waals surface area contributed by atoms with Gasteiger partial charge in [0, 0.05) is 30.5 Å². The summed E-state index contributed by atoms with van der Waals surface area (Å²) in [5, 5.41) is 6.13. The number of amides is 2. The van der Waals surface area contributed by atoms with Crippen molar-refractivity contribution < 1.29 is 15.3 Å². The number of benzene rings is 1. The Morgan fingerprint density at radius 2 is 2.03 bits per heavy atom. The fourth-order valence-corrected chi connectivity index (χ4v) is 5.35. The van der Waals surface area contributed by atoms with Crippen LogP contribution in [-0.2, 0) is 5.41 Å². The van der Waals surface area contributed by atoms with E-state index in [1.54, 1.807) is 12.1 Å². The third-order valence-electron chi connectivity index (χ3n) is 6.94. The van der Waals surface area contributed by atoms with Crippen LogP contribution in [-0.4, -0.2) is 48.8 Å². The van der Waals surface area contributed by atoms with Gasteiger partial charge in [-0.25, -0.2) is 9.18 Å². The maximum Gasteiger partial charge on any atom is 0.315 e. The number of urea groups is 1. The Kier molecular flexibility index (Phi) is 6.00. The maximum atomic E-state index is 13.8. The average molecular weight is 406 g/mol. The minimum absolute atomic E-state index is 0. The molecule has 29 heavy (non-hydrogen) atoms. The van der Waals surface area contributed by atoms with Crippen molar-refractivity contribution in [3.05, 3.63) is 29.6 Å². The van der Waals surface area contributed by atoms with Crippen LogP contribution in [0.5, 0.6) is 5.75 Å². The zero-order valence-corrected chi connectivity index (χ0v) is 17.7. The summed E-state index contributed by atoms with van der Waals surface area (Å²) < 4.78 is 19.7. The largest absolute Gasteiger partial charge is 0.492 e. The lowest BCUT2D eigenvalue weighted by molar-refractivity contribution is 0.0897. The summed E-state index contributed by atoms with van der Waals surface area (Å²) in [6.07, 6.45) is 7.66. The molecular formula is C23H36FN3O2. The molecule has 1 aliphatic carbocycles. The van der Waals surface area contributed by atoms with E-state index in [0.717, 1.165) is 50.1 Å². The summed E-state index contributed by atoms with van der Waals surface area (Å²) in [6.45, 7) is 6.65. The second-order valence-electron chi connectivity index (χ2n) is 9.39. The summed E-state index contributed by atoms with van der Waals surface area (Å²) in [4.78, 5) is 14.8. The quantitative estimate of drug-likeness (QED) is 0.741. The highest BCUT2D eigenvalue weighted by Gasteiger charge is 2.44. The van der Waals surface area contributed by atoms with Crippen LogP contribution >= 0.6 is 0 Å². The molecule has 2 heterocycles. The Balaban J connectivity index is 0.00000256. The van der Waals surface area contributed by atoms with Gasteiger partial charge in [0.1, 0.15) is 11.6 Å². The normalized spacial score (nSPS) is 26.6. The van der Waals surface area contributed by atoms with Gasteiger partial charge in [0.05, 0.1) is 6.61 Å². The molecule has 0 aromatic heterocycles. The molecule has 1 aromatic carbocycles. The summed E-state index contributed by atoms with van der Waals surface area (Å²) in [7, 11) is 0. The molecule has 1 saturated carbocycles. The number of nitrogens with zero attached hydrogens (tertiary/aromatic N) is 1. The van der Waals surface area contributed by atoms with Crippen molar-refractivity contribution >= 4 is 6.03 Å². The van der Waals surface area contributed by atoms with Crippen LogP contribution in [0.1, 0.15) is 65.8 Å². The van der Waals surface area contributed by atoms with Crippen LogP contribution in [0, 0.1) is 5.82 Å². The molecule has 2 fully saturated rings. The SMILES string of the molecule is CC(C)NC(=O)NC1CCCCC(N2CCC3(CC2)COc2ccc(F)cc23)C1.[HH]. The van der Waals surface area contributed by atoms with Crippen LogP contribution in [0.4, 0.5) is 9.18 Å². The van der Waals surface area contributed by atoms with Gasteiger partial charge in [-0.1, -0.05) is 12.8 Å². The molecule has 2 atom stereocenters. The van der Waals surface area contributed by atoms with Gasteiger partial charge < -0.3 is 20.3 Å². The van der Waals surface area contributed by atoms with Gasteiger partial charge in [0.25, 0.3) is 0 Å². The number of carbonyl (C=O) groups excluding carboxylic acids is 1. The fraction of sp³-hybridized carbons (Fsp3) is 0.696. The van der Waals surface area contributed by atoms with Crippen LogP contribution in [0.15, 0.2) is 18.2 Å². The van der Waals surface area contributed by atoms with Crippen LogP contribution in [0.2, 0.25) is 0 Å². The van der Waals surface area contributed by atoms with Crippen molar-refractivity contribution in [1.29, 1.82) is 0 Å². The zero-order chi connectivity index (χ0) is 20.4. The molecule has 1 spiro atoms. The zero-order valence-electron chi connectivity index (χ0n) is 17.7. The molecule has 2 N–H and O–H groups in total. The molecule has 0 radical (unpaired) electrons. The van der Waals surface area contributed by atoms with E-state index in [4.69, 9.17) is 4.74 Å². The van der Waals surface area contributed by atoms with Crippen molar-refractivity contribution in [2.75, 3.05) is 19.7 Å². The van der Waals surface area contributed by atoms with Gasteiger partial charge in [-0.3, -0.25) is 0 Å². The number of ether oxygens (including phenoxy) is 1. The molecule has 2 unspecified atom stereocenters. The molecular weight excluding hydrogens is 369 g/mol. The lowest BCUT2D eigenvalue weighted by Gasteiger charge is -2.42. The topological polar surface area (TPSA) is 53.6 Å². The van der Waals surface area contributed by atoms with Crippen molar-refractivity contribution in [2.24, 2.45) is 0 Å². The third-order valence-corrected chi connectivity index (χ3v) is 6.94. The molecule has 2 aliphatic heterocycles. The summed E-state index contributed by atoms with van der Waals surface area (Å²) in [5.41, 5.74) is 1.02. The average Bonchev–Trinajstić information content (AvgIpc) is 2.86. The maximum absolute atomic E-state index is 13.8. The van der Waals surface area contributed by atoms with Gasteiger partial charge in [0.2, 0.25) is 0 Å². The lowest BCUT2D eigenvalue weighted by atomic mass is 9.74. The standard InChI is InChI=1S/C23H34FN3O2.H2/c1-16(2)25-22(28)26-18-5-3-4-6-19(14-18)27-11-9-23(10-12-27)15-29-21-8-7-17(24)13-20(21)23;/h7-8,13,16,18-19H,3-6,9-12,14-15H2,1-2H3,(H2,25,26,28);1H. The second-order valence-corrected chi connectivity index (χ2v) is 9.39. The lowest BCUT2D eigenvalue weighted by Crippen LogP contribution is -2.50. The van der Waals surface area contributed by atoms with Gasteiger partial charge in [-0.15, -0.1) is 0 Å². The first kappa shape index (κ1) is 20.5. The van der Waals surface area contributed by atoms with Gasteiger partial charge in [-0.2, -0.15) is 0 Å². The minimum Gasteiger partial charge on any atom is -0.492 e.